The van der Waals surface area contributed by atoms with Crippen LogP contribution in [0.25, 0.3) is 0 Å². The molecule has 0 unspecified atom stereocenters. The van der Waals surface area contributed by atoms with E-state index in [1.54, 1.807) is 18.2 Å². The van der Waals surface area contributed by atoms with Crippen LogP contribution in [0.5, 0.6) is 0 Å². The Kier molecular flexibility index (Phi) is 5.45. The SMILES string of the molecule is Cc1cc(C)c(NC(=O)COC(=O)c2ccc(Cl)s2)c(Cl)c1. The molecule has 22 heavy (non-hydrogen) atoms. The average Bonchev–Trinajstić information content (AvgIpc) is 2.87. The molecule has 2 aromatic rings. The number of rotatable bonds is 4. The van der Waals surface area contributed by atoms with Crippen molar-refractivity contribution in [3.05, 3.63) is 49.6 Å². The summed E-state index contributed by atoms with van der Waals surface area (Å²) in [4.78, 5) is 23.9. The maximum Gasteiger partial charge on any atom is 0.348 e. The van der Waals surface area contributed by atoms with Gasteiger partial charge in [0.25, 0.3) is 5.91 Å². The Morgan fingerprint density at radius 2 is 1.95 bits per heavy atom. The van der Waals surface area contributed by atoms with Gasteiger partial charge in [0.15, 0.2) is 6.61 Å². The number of nitrogens with one attached hydrogen (secondary N) is 1. The van der Waals surface area contributed by atoms with Gasteiger partial charge in [-0.05, 0) is 43.2 Å². The molecule has 0 aliphatic rings. The molecule has 2 rings (SSSR count). The molecule has 0 saturated heterocycles. The first-order valence-corrected chi connectivity index (χ1v) is 7.93. The van der Waals surface area contributed by atoms with Gasteiger partial charge in [0.05, 0.1) is 15.0 Å². The highest BCUT2D eigenvalue weighted by atomic mass is 35.5. The summed E-state index contributed by atoms with van der Waals surface area (Å²) < 4.78 is 5.42. The minimum atomic E-state index is -0.584. The Labute approximate surface area is 142 Å². The summed E-state index contributed by atoms with van der Waals surface area (Å²) in [5.74, 6) is -1.04. The Balaban J connectivity index is 1.95. The molecule has 1 aromatic heterocycles. The summed E-state index contributed by atoms with van der Waals surface area (Å²) in [6, 6.07) is 6.80. The molecule has 0 aliphatic heterocycles. The van der Waals surface area contributed by atoms with Crippen molar-refractivity contribution in [1.29, 1.82) is 0 Å². The Morgan fingerprint density at radius 3 is 2.55 bits per heavy atom. The number of thiophene rings is 1. The van der Waals surface area contributed by atoms with Crippen molar-refractivity contribution < 1.29 is 14.3 Å². The molecular formula is C15H13Cl2NO3S. The molecular weight excluding hydrogens is 345 g/mol. The van der Waals surface area contributed by atoms with E-state index in [0.29, 0.717) is 19.9 Å². The highest BCUT2D eigenvalue weighted by Gasteiger charge is 2.14. The largest absolute Gasteiger partial charge is 0.451 e. The molecule has 1 amide bonds. The monoisotopic (exact) mass is 357 g/mol. The van der Waals surface area contributed by atoms with Gasteiger partial charge in [0, 0.05) is 0 Å². The molecule has 116 valence electrons. The standard InChI is InChI=1S/C15H13Cl2NO3S/c1-8-5-9(2)14(10(16)6-8)18-13(19)7-21-15(20)11-3-4-12(17)22-11/h3-6H,7H2,1-2H3,(H,18,19). The number of halogens is 2. The van der Waals surface area contributed by atoms with Gasteiger partial charge in [-0.15, -0.1) is 11.3 Å². The van der Waals surface area contributed by atoms with Crippen LogP contribution >= 0.6 is 34.5 Å². The second kappa shape index (κ2) is 7.13. The number of amides is 1. The van der Waals surface area contributed by atoms with E-state index in [9.17, 15) is 9.59 Å². The number of ether oxygens (including phenoxy) is 1. The first-order valence-electron chi connectivity index (χ1n) is 6.36. The van der Waals surface area contributed by atoms with Gasteiger partial charge in [-0.3, -0.25) is 4.79 Å². The third-order valence-electron chi connectivity index (χ3n) is 2.80. The third kappa shape index (κ3) is 4.22. The van der Waals surface area contributed by atoms with Gasteiger partial charge in [0.1, 0.15) is 4.88 Å². The molecule has 0 aliphatic carbocycles. The lowest BCUT2D eigenvalue weighted by Gasteiger charge is -2.11. The zero-order valence-corrected chi connectivity index (χ0v) is 14.2. The number of carbonyl (C=O) groups is 2. The predicted octanol–water partition coefficient (Wildman–Crippen LogP) is 4.47. The van der Waals surface area contributed by atoms with Crippen molar-refractivity contribution in [1.82, 2.24) is 0 Å². The lowest BCUT2D eigenvalue weighted by molar-refractivity contribution is -0.119. The van der Waals surface area contributed by atoms with Crippen LogP contribution in [-0.2, 0) is 9.53 Å². The van der Waals surface area contributed by atoms with E-state index in [2.05, 4.69) is 5.32 Å². The second-order valence-electron chi connectivity index (χ2n) is 4.67. The van der Waals surface area contributed by atoms with E-state index in [-0.39, 0.29) is 0 Å². The number of hydrogen-bond acceptors (Lipinski definition) is 4. The van der Waals surface area contributed by atoms with E-state index in [4.69, 9.17) is 27.9 Å². The molecule has 0 radical (unpaired) electrons. The lowest BCUT2D eigenvalue weighted by atomic mass is 10.1. The smallest absolute Gasteiger partial charge is 0.348 e. The zero-order valence-electron chi connectivity index (χ0n) is 11.9. The van der Waals surface area contributed by atoms with E-state index in [1.807, 2.05) is 19.9 Å². The number of anilines is 1. The maximum absolute atomic E-state index is 11.9. The van der Waals surface area contributed by atoms with Gasteiger partial charge in [0.2, 0.25) is 0 Å². The number of carbonyl (C=O) groups excluding carboxylic acids is 2. The molecule has 1 N–H and O–H groups in total. The van der Waals surface area contributed by atoms with E-state index in [1.165, 1.54) is 0 Å². The van der Waals surface area contributed by atoms with Crippen molar-refractivity contribution >= 4 is 52.1 Å². The van der Waals surface area contributed by atoms with Gasteiger partial charge in [-0.1, -0.05) is 29.3 Å². The fourth-order valence-corrected chi connectivity index (χ4v) is 3.18. The summed E-state index contributed by atoms with van der Waals surface area (Å²) >= 11 is 12.9. The average molecular weight is 358 g/mol. The zero-order chi connectivity index (χ0) is 16.3. The lowest BCUT2D eigenvalue weighted by Crippen LogP contribution is -2.21. The summed E-state index contributed by atoms with van der Waals surface area (Å²) in [7, 11) is 0. The van der Waals surface area contributed by atoms with E-state index in [0.717, 1.165) is 22.5 Å². The fraction of sp³-hybridized carbons (Fsp3) is 0.200. The number of esters is 1. The predicted molar refractivity (Wildman–Crippen MR) is 89.2 cm³/mol. The maximum atomic E-state index is 11.9. The summed E-state index contributed by atoms with van der Waals surface area (Å²) in [5, 5.41) is 3.09. The van der Waals surface area contributed by atoms with Crippen molar-refractivity contribution in [3.8, 4) is 0 Å². The minimum Gasteiger partial charge on any atom is -0.451 e. The fourth-order valence-electron chi connectivity index (χ4n) is 1.88. The van der Waals surface area contributed by atoms with Crippen molar-refractivity contribution in [2.45, 2.75) is 13.8 Å². The quantitative estimate of drug-likeness (QED) is 0.821. The molecule has 1 heterocycles. The first-order chi connectivity index (χ1) is 10.4. The highest BCUT2D eigenvalue weighted by Crippen LogP contribution is 2.27. The molecule has 0 spiro atoms. The minimum absolute atomic E-state index is 0.349. The van der Waals surface area contributed by atoms with Crippen LogP contribution in [0.15, 0.2) is 24.3 Å². The van der Waals surface area contributed by atoms with Crippen LogP contribution in [0.4, 0.5) is 5.69 Å². The Morgan fingerprint density at radius 1 is 1.23 bits per heavy atom. The van der Waals surface area contributed by atoms with Crippen LogP contribution in [0.2, 0.25) is 9.36 Å². The van der Waals surface area contributed by atoms with Gasteiger partial charge in [-0.25, -0.2) is 4.79 Å². The molecule has 0 bridgehead atoms. The highest BCUT2D eigenvalue weighted by molar-refractivity contribution is 7.17. The Bertz CT molecular complexity index is 704. The second-order valence-corrected chi connectivity index (χ2v) is 6.79. The van der Waals surface area contributed by atoms with Crippen LogP contribution in [0.3, 0.4) is 0 Å². The third-order valence-corrected chi connectivity index (χ3v) is 4.31. The van der Waals surface area contributed by atoms with Crippen molar-refractivity contribution in [3.63, 3.8) is 0 Å². The van der Waals surface area contributed by atoms with Crippen molar-refractivity contribution in [2.75, 3.05) is 11.9 Å². The van der Waals surface area contributed by atoms with Gasteiger partial charge in [-0.2, -0.15) is 0 Å². The normalized spacial score (nSPS) is 10.4. The van der Waals surface area contributed by atoms with Gasteiger partial charge >= 0.3 is 5.97 Å². The van der Waals surface area contributed by atoms with Crippen LogP contribution in [-0.4, -0.2) is 18.5 Å². The summed E-state index contributed by atoms with van der Waals surface area (Å²) in [6.07, 6.45) is 0. The topological polar surface area (TPSA) is 55.4 Å². The first kappa shape index (κ1) is 16.8. The van der Waals surface area contributed by atoms with Crippen molar-refractivity contribution in [2.24, 2.45) is 0 Å². The van der Waals surface area contributed by atoms with E-state index >= 15 is 0 Å². The Hall–Kier alpha value is -1.56. The molecule has 0 saturated carbocycles. The molecule has 7 heteroatoms. The molecule has 1 aromatic carbocycles. The van der Waals surface area contributed by atoms with Crippen LogP contribution in [0, 0.1) is 13.8 Å². The van der Waals surface area contributed by atoms with E-state index < -0.39 is 18.5 Å². The summed E-state index contributed by atoms with van der Waals surface area (Å²) in [6.45, 7) is 3.37. The number of benzene rings is 1. The van der Waals surface area contributed by atoms with Crippen LogP contribution in [0.1, 0.15) is 20.8 Å². The van der Waals surface area contributed by atoms with Crippen LogP contribution < -0.4 is 5.32 Å². The molecule has 4 nitrogen and oxygen atoms in total. The summed E-state index contributed by atoms with van der Waals surface area (Å²) in [5.41, 5.74) is 2.36. The van der Waals surface area contributed by atoms with Gasteiger partial charge < -0.3 is 10.1 Å². The molecule has 0 atom stereocenters. The number of aryl methyl sites for hydroxylation is 2. The number of hydrogen-bond donors (Lipinski definition) is 1. The molecule has 0 fully saturated rings.